The summed E-state index contributed by atoms with van der Waals surface area (Å²) >= 11 is 0. The first-order valence-electron chi connectivity index (χ1n) is 2.52. The van der Waals surface area contributed by atoms with Gasteiger partial charge in [-0.2, -0.15) is 0 Å². The van der Waals surface area contributed by atoms with Crippen molar-refractivity contribution >= 4 is 0 Å². The summed E-state index contributed by atoms with van der Waals surface area (Å²) in [6.45, 7) is 3.44. The largest absolute Gasteiger partial charge is 0.403 e. The van der Waals surface area contributed by atoms with Crippen LogP contribution in [0, 0.1) is 0 Å². The predicted molar refractivity (Wildman–Crippen MR) is 37.5 cm³/mol. The van der Waals surface area contributed by atoms with Crippen molar-refractivity contribution < 1.29 is 0 Å². The fraction of sp³-hybridized carbons (Fsp3) is 0.200. The molecule has 0 aromatic carbocycles. The lowest BCUT2D eigenvalue weighted by Crippen LogP contribution is -2.41. The number of nitrogens with two attached hydrogens (primary N) is 3. The first kappa shape index (κ1) is 8.00. The van der Waals surface area contributed by atoms with Gasteiger partial charge >= 0.3 is 0 Å². The van der Waals surface area contributed by atoms with Crippen LogP contribution in [0.2, 0.25) is 0 Å². The lowest BCUT2D eigenvalue weighted by Gasteiger charge is -2.17. The van der Waals surface area contributed by atoms with Crippen LogP contribution in [0.25, 0.3) is 0 Å². The molecule has 0 saturated heterocycles. The van der Waals surface area contributed by atoms with Gasteiger partial charge in [0.2, 0.25) is 0 Å². The molecule has 6 N–H and O–H groups in total. The van der Waals surface area contributed by atoms with Crippen molar-refractivity contribution in [3.05, 3.63) is 25.1 Å². The molecule has 0 amide bonds. The molecular formula is C5H12N4. The molecule has 0 radical (unpaired) electrons. The van der Waals surface area contributed by atoms with E-state index >= 15 is 0 Å². The van der Waals surface area contributed by atoms with E-state index in [0.717, 1.165) is 0 Å². The van der Waals surface area contributed by atoms with E-state index in [-0.39, 0.29) is 6.17 Å². The van der Waals surface area contributed by atoms with Gasteiger partial charge in [-0.3, -0.25) is 5.01 Å². The SMILES string of the molecule is C=CC(N)N(N)/C=C\N. The van der Waals surface area contributed by atoms with Gasteiger partial charge in [0.05, 0.1) is 0 Å². The second kappa shape index (κ2) is 3.94. The van der Waals surface area contributed by atoms with Crippen LogP contribution in [0.4, 0.5) is 0 Å². The number of rotatable bonds is 3. The second-order valence-electron chi connectivity index (χ2n) is 1.52. The fourth-order valence-electron chi connectivity index (χ4n) is 0.320. The minimum absolute atomic E-state index is 0.371. The van der Waals surface area contributed by atoms with Gasteiger partial charge in [-0.15, -0.1) is 0 Å². The number of hydrazine groups is 1. The zero-order valence-electron chi connectivity index (χ0n) is 5.20. The molecule has 4 heteroatoms. The second-order valence-corrected chi connectivity index (χ2v) is 1.52. The Morgan fingerprint density at radius 2 is 2.11 bits per heavy atom. The molecule has 0 rings (SSSR count). The quantitative estimate of drug-likeness (QED) is 0.198. The highest BCUT2D eigenvalue weighted by molar-refractivity contribution is 4.86. The lowest BCUT2D eigenvalue weighted by molar-refractivity contribution is 0.338. The van der Waals surface area contributed by atoms with Crippen molar-refractivity contribution in [1.82, 2.24) is 5.01 Å². The molecule has 0 heterocycles. The highest BCUT2D eigenvalue weighted by Crippen LogP contribution is 1.84. The number of hydrogen-bond acceptors (Lipinski definition) is 4. The summed E-state index contributed by atoms with van der Waals surface area (Å²) in [6, 6.07) is 0. The van der Waals surface area contributed by atoms with E-state index in [0.29, 0.717) is 0 Å². The normalized spacial score (nSPS) is 13.6. The van der Waals surface area contributed by atoms with Gasteiger partial charge in [0.1, 0.15) is 6.17 Å². The minimum Gasteiger partial charge on any atom is -0.403 e. The van der Waals surface area contributed by atoms with Crippen molar-refractivity contribution in [1.29, 1.82) is 0 Å². The van der Waals surface area contributed by atoms with Crippen LogP contribution in [0.1, 0.15) is 0 Å². The molecule has 0 aliphatic rings. The molecular weight excluding hydrogens is 116 g/mol. The molecule has 0 spiro atoms. The lowest BCUT2D eigenvalue weighted by atomic mass is 10.5. The maximum absolute atomic E-state index is 5.38. The van der Waals surface area contributed by atoms with Crippen molar-refractivity contribution in [2.45, 2.75) is 6.17 Å². The van der Waals surface area contributed by atoms with Gasteiger partial charge in [-0.1, -0.05) is 12.7 Å². The van der Waals surface area contributed by atoms with Gasteiger partial charge in [-0.25, -0.2) is 5.84 Å². The third-order valence-corrected chi connectivity index (χ3v) is 0.844. The number of hydrogen-bond donors (Lipinski definition) is 3. The summed E-state index contributed by atoms with van der Waals surface area (Å²) in [5.74, 6) is 5.31. The average Bonchev–Trinajstić information content (AvgIpc) is 1.87. The first-order valence-corrected chi connectivity index (χ1v) is 2.52. The fourth-order valence-corrected chi connectivity index (χ4v) is 0.320. The highest BCUT2D eigenvalue weighted by Gasteiger charge is 1.97. The van der Waals surface area contributed by atoms with Crippen LogP contribution in [0.3, 0.4) is 0 Å². The van der Waals surface area contributed by atoms with Crippen molar-refractivity contribution in [3.63, 3.8) is 0 Å². The minimum atomic E-state index is -0.371. The van der Waals surface area contributed by atoms with Crippen molar-refractivity contribution in [3.8, 4) is 0 Å². The third kappa shape index (κ3) is 2.73. The zero-order valence-corrected chi connectivity index (χ0v) is 5.20. The molecule has 9 heavy (non-hydrogen) atoms. The summed E-state index contributed by atoms with van der Waals surface area (Å²) in [5, 5.41) is 1.26. The average molecular weight is 128 g/mol. The Balaban J connectivity index is 3.71. The summed E-state index contributed by atoms with van der Waals surface area (Å²) in [5.41, 5.74) is 10.4. The molecule has 0 saturated carbocycles. The van der Waals surface area contributed by atoms with E-state index in [1.165, 1.54) is 23.5 Å². The molecule has 1 unspecified atom stereocenters. The third-order valence-electron chi connectivity index (χ3n) is 0.844. The van der Waals surface area contributed by atoms with Crippen molar-refractivity contribution in [2.24, 2.45) is 17.3 Å². The Morgan fingerprint density at radius 3 is 2.44 bits per heavy atom. The zero-order chi connectivity index (χ0) is 7.28. The molecule has 1 atom stereocenters. The summed E-state index contributed by atoms with van der Waals surface area (Å²) in [4.78, 5) is 0. The van der Waals surface area contributed by atoms with Crippen LogP contribution in [0.15, 0.2) is 25.1 Å². The molecule has 0 fully saturated rings. The Kier molecular flexibility index (Phi) is 3.50. The monoisotopic (exact) mass is 128 g/mol. The van der Waals surface area contributed by atoms with Crippen molar-refractivity contribution in [2.75, 3.05) is 0 Å². The van der Waals surface area contributed by atoms with E-state index in [1.807, 2.05) is 0 Å². The van der Waals surface area contributed by atoms with Gasteiger partial charge in [-0.05, 0) is 0 Å². The highest BCUT2D eigenvalue weighted by atomic mass is 15.4. The van der Waals surface area contributed by atoms with Crippen LogP contribution < -0.4 is 17.3 Å². The molecule has 0 aliphatic carbocycles. The molecule has 0 bridgehead atoms. The van der Waals surface area contributed by atoms with E-state index in [2.05, 4.69) is 6.58 Å². The summed E-state index contributed by atoms with van der Waals surface area (Å²) in [7, 11) is 0. The molecule has 0 aromatic rings. The van der Waals surface area contributed by atoms with Crippen LogP contribution in [-0.2, 0) is 0 Å². The topological polar surface area (TPSA) is 81.3 Å². The Bertz CT molecular complexity index is 110. The van der Waals surface area contributed by atoms with E-state index in [1.54, 1.807) is 0 Å². The first-order chi connectivity index (χ1) is 4.22. The Labute approximate surface area is 54.6 Å². The van der Waals surface area contributed by atoms with Crippen LogP contribution in [-0.4, -0.2) is 11.2 Å². The summed E-state index contributed by atoms with van der Waals surface area (Å²) < 4.78 is 0. The van der Waals surface area contributed by atoms with E-state index in [9.17, 15) is 0 Å². The van der Waals surface area contributed by atoms with Crippen LogP contribution >= 0.6 is 0 Å². The smallest absolute Gasteiger partial charge is 0.110 e. The van der Waals surface area contributed by atoms with Gasteiger partial charge in [0.15, 0.2) is 0 Å². The Morgan fingerprint density at radius 1 is 1.56 bits per heavy atom. The van der Waals surface area contributed by atoms with Gasteiger partial charge in [0.25, 0.3) is 0 Å². The Hall–Kier alpha value is -1.00. The summed E-state index contributed by atoms with van der Waals surface area (Å²) in [6.07, 6.45) is 3.92. The molecule has 0 aromatic heterocycles. The van der Waals surface area contributed by atoms with Crippen LogP contribution in [0.5, 0.6) is 0 Å². The van der Waals surface area contributed by atoms with Gasteiger partial charge < -0.3 is 11.5 Å². The maximum atomic E-state index is 5.38. The predicted octanol–water partition coefficient (Wildman–Crippen LogP) is -0.937. The number of nitrogens with zero attached hydrogens (tertiary/aromatic N) is 1. The van der Waals surface area contributed by atoms with E-state index < -0.39 is 0 Å². The standard InChI is InChI=1S/C5H12N4/c1-2-5(7)9(8)4-3-6/h2-5H,1,6-8H2/b4-3-. The van der Waals surface area contributed by atoms with E-state index in [4.69, 9.17) is 17.3 Å². The maximum Gasteiger partial charge on any atom is 0.110 e. The van der Waals surface area contributed by atoms with Gasteiger partial charge in [0, 0.05) is 12.4 Å². The molecule has 0 aliphatic heterocycles. The molecule has 4 nitrogen and oxygen atoms in total. The molecule has 52 valence electrons.